The molecule has 2 amide bonds. The zero-order valence-corrected chi connectivity index (χ0v) is 17.7. The summed E-state index contributed by atoms with van der Waals surface area (Å²) in [7, 11) is -3.51. The summed E-state index contributed by atoms with van der Waals surface area (Å²) < 4.78 is 27.6. The zero-order valence-electron chi connectivity index (χ0n) is 15.3. The predicted molar refractivity (Wildman–Crippen MR) is 110 cm³/mol. The molecule has 3 rings (SSSR count). The SMILES string of the molecule is O=C(NCC[C@@H]1CCCCN1S(=O)(=O)c1cccs1)C(=O)NCc1cccs1. The monoisotopic (exact) mass is 441 g/mol. The summed E-state index contributed by atoms with van der Waals surface area (Å²) in [6, 6.07) is 6.94. The van der Waals surface area contributed by atoms with Crippen LogP contribution in [-0.4, -0.2) is 43.7 Å². The normalized spacial score (nSPS) is 17.9. The number of carbonyl (C=O) groups is 2. The number of thiophene rings is 2. The van der Waals surface area contributed by atoms with E-state index in [0.29, 0.717) is 23.7 Å². The van der Waals surface area contributed by atoms with E-state index in [-0.39, 0.29) is 12.6 Å². The second-order valence-corrected chi connectivity index (χ2v) is 10.6. The van der Waals surface area contributed by atoms with Crippen molar-refractivity contribution in [1.82, 2.24) is 14.9 Å². The summed E-state index contributed by atoms with van der Waals surface area (Å²) >= 11 is 2.72. The van der Waals surface area contributed by atoms with E-state index in [1.807, 2.05) is 17.5 Å². The number of carbonyl (C=O) groups excluding carboxylic acids is 2. The van der Waals surface area contributed by atoms with Crippen molar-refractivity contribution in [2.45, 2.75) is 42.5 Å². The quantitative estimate of drug-likeness (QED) is 0.644. The molecule has 1 aliphatic heterocycles. The number of hydrogen-bond acceptors (Lipinski definition) is 6. The topological polar surface area (TPSA) is 95.6 Å². The number of amides is 2. The van der Waals surface area contributed by atoms with E-state index < -0.39 is 21.8 Å². The lowest BCUT2D eigenvalue weighted by atomic mass is 10.0. The van der Waals surface area contributed by atoms with Crippen LogP contribution >= 0.6 is 22.7 Å². The number of hydrogen-bond donors (Lipinski definition) is 2. The van der Waals surface area contributed by atoms with Gasteiger partial charge in [-0.1, -0.05) is 18.6 Å². The fourth-order valence-corrected chi connectivity index (χ4v) is 6.69. The lowest BCUT2D eigenvalue weighted by Crippen LogP contribution is -2.46. The fraction of sp³-hybridized carbons (Fsp3) is 0.444. The van der Waals surface area contributed by atoms with Crippen molar-refractivity contribution in [2.75, 3.05) is 13.1 Å². The van der Waals surface area contributed by atoms with Crippen molar-refractivity contribution in [3.8, 4) is 0 Å². The van der Waals surface area contributed by atoms with Gasteiger partial charge in [-0.2, -0.15) is 4.31 Å². The van der Waals surface area contributed by atoms with Crippen LogP contribution in [-0.2, 0) is 26.2 Å². The number of sulfonamides is 1. The van der Waals surface area contributed by atoms with E-state index >= 15 is 0 Å². The Kier molecular flexibility index (Phi) is 7.22. The van der Waals surface area contributed by atoms with Gasteiger partial charge in [0.15, 0.2) is 0 Å². The summed E-state index contributed by atoms with van der Waals surface area (Å²) in [5.74, 6) is -1.37. The number of nitrogens with zero attached hydrogens (tertiary/aromatic N) is 1. The summed E-state index contributed by atoms with van der Waals surface area (Å²) in [5, 5.41) is 8.83. The maximum Gasteiger partial charge on any atom is 0.309 e. The largest absolute Gasteiger partial charge is 0.348 e. The van der Waals surface area contributed by atoms with Crippen LogP contribution in [0.1, 0.15) is 30.6 Å². The van der Waals surface area contributed by atoms with Crippen molar-refractivity contribution in [2.24, 2.45) is 0 Å². The third-order valence-corrected chi connectivity index (χ3v) is 8.81. The van der Waals surface area contributed by atoms with Gasteiger partial charge in [-0.3, -0.25) is 9.59 Å². The molecule has 0 aromatic carbocycles. The first-order chi connectivity index (χ1) is 13.5. The Labute approximate surface area is 172 Å². The van der Waals surface area contributed by atoms with Crippen LogP contribution in [0, 0.1) is 0 Å². The van der Waals surface area contributed by atoms with Crippen LogP contribution in [0.4, 0.5) is 0 Å². The molecule has 3 heterocycles. The lowest BCUT2D eigenvalue weighted by molar-refractivity contribution is -0.139. The van der Waals surface area contributed by atoms with Crippen molar-refractivity contribution in [1.29, 1.82) is 0 Å². The van der Waals surface area contributed by atoms with Crippen LogP contribution in [0.15, 0.2) is 39.2 Å². The third kappa shape index (κ3) is 5.19. The number of piperidine rings is 1. The molecule has 0 saturated carbocycles. The van der Waals surface area contributed by atoms with E-state index in [4.69, 9.17) is 0 Å². The standard InChI is InChI=1S/C18H23N3O4S3/c22-17(18(23)20-13-15-6-3-11-26-15)19-9-8-14-5-1-2-10-21(14)28(24,25)16-7-4-12-27-16/h3-4,6-7,11-12,14H,1-2,5,8-10,13H2,(H,19,22)(H,20,23)/t14-/m0/s1. The molecule has 1 aliphatic rings. The zero-order chi connectivity index (χ0) is 20.0. The summed E-state index contributed by atoms with van der Waals surface area (Å²) in [4.78, 5) is 24.8. The lowest BCUT2D eigenvalue weighted by Gasteiger charge is -2.34. The summed E-state index contributed by atoms with van der Waals surface area (Å²) in [5.41, 5.74) is 0. The van der Waals surface area contributed by atoms with Gasteiger partial charge >= 0.3 is 11.8 Å². The van der Waals surface area contributed by atoms with Gasteiger partial charge in [-0.15, -0.1) is 22.7 Å². The number of nitrogens with one attached hydrogen (secondary N) is 2. The Balaban J connectivity index is 1.49. The molecule has 2 N–H and O–H groups in total. The molecular formula is C18H23N3O4S3. The van der Waals surface area contributed by atoms with Crippen LogP contribution in [0.2, 0.25) is 0 Å². The maximum absolute atomic E-state index is 12.8. The van der Waals surface area contributed by atoms with Crippen molar-refractivity contribution < 1.29 is 18.0 Å². The Morgan fingerprint density at radius 2 is 1.82 bits per heavy atom. The highest BCUT2D eigenvalue weighted by Gasteiger charge is 2.33. The van der Waals surface area contributed by atoms with Crippen LogP contribution in [0.3, 0.4) is 0 Å². The van der Waals surface area contributed by atoms with E-state index in [1.165, 1.54) is 22.7 Å². The first-order valence-corrected chi connectivity index (χ1v) is 12.3. The third-order valence-electron chi connectivity index (χ3n) is 4.60. The van der Waals surface area contributed by atoms with Gasteiger partial charge in [0.2, 0.25) is 0 Å². The molecule has 0 aliphatic carbocycles. The van der Waals surface area contributed by atoms with E-state index in [9.17, 15) is 18.0 Å². The highest BCUT2D eigenvalue weighted by Crippen LogP contribution is 2.28. The van der Waals surface area contributed by atoms with Gasteiger partial charge in [0.25, 0.3) is 10.0 Å². The van der Waals surface area contributed by atoms with Gasteiger partial charge in [-0.05, 0) is 42.2 Å². The minimum Gasteiger partial charge on any atom is -0.348 e. The molecule has 2 aromatic rings. The molecule has 152 valence electrons. The van der Waals surface area contributed by atoms with Gasteiger partial charge in [0.1, 0.15) is 4.21 Å². The van der Waals surface area contributed by atoms with Gasteiger partial charge < -0.3 is 10.6 Å². The molecule has 0 spiro atoms. The molecule has 1 fully saturated rings. The van der Waals surface area contributed by atoms with E-state index in [0.717, 1.165) is 24.1 Å². The van der Waals surface area contributed by atoms with Crippen molar-refractivity contribution in [3.05, 3.63) is 39.9 Å². The van der Waals surface area contributed by atoms with Crippen molar-refractivity contribution in [3.63, 3.8) is 0 Å². The second kappa shape index (κ2) is 9.64. The molecular weight excluding hydrogens is 418 g/mol. The maximum atomic E-state index is 12.8. The predicted octanol–water partition coefficient (Wildman–Crippen LogP) is 2.18. The minimum atomic E-state index is -3.51. The Morgan fingerprint density at radius 1 is 1.07 bits per heavy atom. The molecule has 1 saturated heterocycles. The van der Waals surface area contributed by atoms with Crippen molar-refractivity contribution >= 4 is 44.5 Å². The molecule has 10 heteroatoms. The molecule has 1 atom stereocenters. The Morgan fingerprint density at radius 3 is 2.54 bits per heavy atom. The minimum absolute atomic E-state index is 0.171. The van der Waals surface area contributed by atoms with Gasteiger partial charge in [0.05, 0.1) is 6.54 Å². The first-order valence-electron chi connectivity index (χ1n) is 9.12. The van der Waals surface area contributed by atoms with Crippen LogP contribution in [0.5, 0.6) is 0 Å². The summed E-state index contributed by atoms with van der Waals surface area (Å²) in [6.07, 6.45) is 3.02. The molecule has 0 bridgehead atoms. The Bertz CT molecular complexity index is 879. The Hall–Kier alpha value is -1.75. The van der Waals surface area contributed by atoms with E-state index in [2.05, 4.69) is 10.6 Å². The molecule has 0 unspecified atom stereocenters. The molecule has 7 nitrogen and oxygen atoms in total. The number of rotatable bonds is 7. The second-order valence-electron chi connectivity index (χ2n) is 6.50. The fourth-order valence-electron chi connectivity index (χ4n) is 3.20. The van der Waals surface area contributed by atoms with Crippen LogP contribution in [0.25, 0.3) is 0 Å². The highest BCUT2D eigenvalue weighted by atomic mass is 32.2. The van der Waals surface area contributed by atoms with E-state index in [1.54, 1.807) is 21.8 Å². The average Bonchev–Trinajstić information content (AvgIpc) is 3.40. The molecule has 2 aromatic heterocycles. The highest BCUT2D eigenvalue weighted by molar-refractivity contribution is 7.91. The van der Waals surface area contributed by atoms with Gasteiger partial charge in [-0.25, -0.2) is 8.42 Å². The first kappa shape index (κ1) is 21.0. The molecule has 28 heavy (non-hydrogen) atoms. The van der Waals surface area contributed by atoms with Crippen LogP contribution < -0.4 is 10.6 Å². The smallest absolute Gasteiger partial charge is 0.309 e. The summed E-state index contributed by atoms with van der Waals surface area (Å²) in [6.45, 7) is 1.06. The molecule has 0 radical (unpaired) electrons. The average molecular weight is 442 g/mol. The van der Waals surface area contributed by atoms with Gasteiger partial charge in [0, 0.05) is 24.0 Å².